The van der Waals surface area contributed by atoms with Crippen LogP contribution in [0.5, 0.6) is 0 Å². The molecule has 1 atom stereocenters. The van der Waals surface area contributed by atoms with Gasteiger partial charge < -0.3 is 14.0 Å². The largest absolute Gasteiger partial charge is 0.319 e. The van der Waals surface area contributed by atoms with Gasteiger partial charge in [-0.15, -0.1) is 0 Å². The summed E-state index contributed by atoms with van der Waals surface area (Å²) in [4.78, 5) is 2.54. The Morgan fingerprint density at radius 2 is 0.757 bits per heavy atom. The lowest BCUT2D eigenvalue weighted by atomic mass is 9.95. The molecule has 70 heavy (non-hydrogen) atoms. The molecule has 4 heteroatoms. The molecule has 2 aromatic heterocycles. The Morgan fingerprint density at radius 1 is 0.329 bits per heavy atom. The third-order valence-corrected chi connectivity index (χ3v) is 14.9. The SMILES string of the molecule is C1=CC2=[N+](c3ccccc3)c3cc4c(cc3N(c3ccccc3)C2C=C1)=c1cc(-n2c3ccccc3c3ccccc32)ccc1=c1ccc(-n2c3ccccc3c3ccccc32)cc1=c1ccccc1=4. The van der Waals surface area contributed by atoms with Gasteiger partial charge in [0.15, 0.2) is 0 Å². The van der Waals surface area contributed by atoms with E-state index in [0.29, 0.717) is 0 Å². The molecule has 3 heterocycles. The number of nitrogens with zero attached hydrogens (tertiary/aromatic N) is 4. The smallest absolute Gasteiger partial charge is 0.235 e. The van der Waals surface area contributed by atoms with Crippen LogP contribution in [-0.4, -0.2) is 20.9 Å². The molecular weight excluding hydrogens is 849 g/mol. The number of allylic oxidation sites excluding steroid dienone is 2. The standard InChI is InChI=1S/C66H43N4/c1-3-19-43(20-4-1)67-63-33-17-18-34-64(63)68(44-21-5-2-6-22-44)66-42-58-56-40-46(70-61-31-15-11-27-53(61)54-28-12-16-32-62(54)70)36-38-50(56)49-37-35-45(39-55(49)47-23-7-8-24-48(47)57(58)41-65(66)67)69-59-29-13-9-25-51(59)52-26-10-14-30-60(52)69/h1-42,64H/q+1. The Hall–Kier alpha value is -9.25. The number of anilines is 2. The van der Waals surface area contributed by atoms with Crippen molar-refractivity contribution in [2.45, 2.75) is 6.04 Å². The van der Waals surface area contributed by atoms with Gasteiger partial charge >= 0.3 is 0 Å². The van der Waals surface area contributed by atoms with E-state index in [1.54, 1.807) is 0 Å². The van der Waals surface area contributed by atoms with Gasteiger partial charge in [0.1, 0.15) is 11.7 Å². The Kier molecular flexibility index (Phi) is 8.39. The van der Waals surface area contributed by atoms with E-state index in [4.69, 9.17) is 0 Å². The van der Waals surface area contributed by atoms with E-state index in [-0.39, 0.29) is 6.04 Å². The molecule has 0 saturated heterocycles. The van der Waals surface area contributed by atoms with Crippen LogP contribution in [-0.2, 0) is 0 Å². The molecule has 12 aromatic rings. The summed E-state index contributed by atoms with van der Waals surface area (Å²) in [6, 6.07) is 85.4. The molecule has 326 valence electrons. The highest BCUT2D eigenvalue weighted by Crippen LogP contribution is 2.44. The molecule has 0 N–H and O–H groups in total. The maximum absolute atomic E-state index is 2.54. The molecule has 0 saturated carbocycles. The van der Waals surface area contributed by atoms with Gasteiger partial charge in [0.25, 0.3) is 0 Å². The molecule has 0 radical (unpaired) electrons. The summed E-state index contributed by atoms with van der Waals surface area (Å²) >= 11 is 0. The zero-order valence-corrected chi connectivity index (χ0v) is 38.1. The quantitative estimate of drug-likeness (QED) is 0.161. The number of hydrogen-bond acceptors (Lipinski definition) is 1. The third-order valence-electron chi connectivity index (χ3n) is 14.9. The summed E-state index contributed by atoms with van der Waals surface area (Å²) in [5.41, 5.74) is 12.8. The van der Waals surface area contributed by atoms with Crippen LogP contribution >= 0.6 is 0 Å². The van der Waals surface area contributed by atoms with Gasteiger partial charge in [-0.05, 0) is 108 Å². The highest BCUT2D eigenvalue weighted by Gasteiger charge is 2.40. The minimum atomic E-state index is -0.0394. The number of benzene rings is 10. The highest BCUT2D eigenvalue weighted by molar-refractivity contribution is 6.12. The fraction of sp³-hybridized carbons (Fsp3) is 0.0152. The van der Waals surface area contributed by atoms with Gasteiger partial charge in [-0.1, -0.05) is 164 Å². The monoisotopic (exact) mass is 891 g/mol. The van der Waals surface area contributed by atoms with E-state index in [1.807, 2.05) is 0 Å². The van der Waals surface area contributed by atoms with Crippen molar-refractivity contribution in [2.75, 3.05) is 4.90 Å². The average molecular weight is 892 g/mol. The van der Waals surface area contributed by atoms with Crippen LogP contribution in [0.2, 0.25) is 0 Å². The number of aromatic nitrogens is 2. The first-order valence-corrected chi connectivity index (χ1v) is 24.2. The Morgan fingerprint density at radius 3 is 1.30 bits per heavy atom. The summed E-state index contributed by atoms with van der Waals surface area (Å²) in [5.74, 6) is 0. The molecule has 0 fully saturated rings. The van der Waals surface area contributed by atoms with Gasteiger partial charge in [0.05, 0.1) is 22.1 Å². The molecule has 3 aliphatic rings. The first-order valence-electron chi connectivity index (χ1n) is 24.2. The third kappa shape index (κ3) is 5.62. The summed E-state index contributed by atoms with van der Waals surface area (Å²) in [6.45, 7) is 0. The molecule has 0 spiro atoms. The van der Waals surface area contributed by atoms with E-state index in [9.17, 15) is 0 Å². The van der Waals surface area contributed by atoms with Crippen LogP contribution in [0, 0.1) is 41.7 Å². The van der Waals surface area contributed by atoms with Crippen molar-refractivity contribution < 1.29 is 0 Å². The summed E-state index contributed by atoms with van der Waals surface area (Å²) in [5, 5.41) is 14.5. The average Bonchev–Trinajstić information content (AvgIpc) is 3.95. The Balaban J connectivity index is 1.17. The number of hydrogen-bond donors (Lipinski definition) is 0. The summed E-state index contributed by atoms with van der Waals surface area (Å²) in [6.07, 6.45) is 9.00. The van der Waals surface area contributed by atoms with E-state index < -0.39 is 0 Å². The van der Waals surface area contributed by atoms with Gasteiger partial charge in [-0.25, -0.2) is 0 Å². The van der Waals surface area contributed by atoms with Crippen LogP contribution in [0.1, 0.15) is 0 Å². The fourth-order valence-electron chi connectivity index (χ4n) is 12.0. The molecular formula is C66H43N4+. The lowest BCUT2D eigenvalue weighted by Crippen LogP contribution is -2.44. The summed E-state index contributed by atoms with van der Waals surface area (Å²) < 4.78 is 7.39. The normalized spacial score (nSPS) is 14.5. The van der Waals surface area contributed by atoms with Crippen molar-refractivity contribution in [3.05, 3.63) is 297 Å². The predicted octanol–water partition coefficient (Wildman–Crippen LogP) is 15.3. The van der Waals surface area contributed by atoms with E-state index in [0.717, 1.165) is 34.1 Å². The van der Waals surface area contributed by atoms with Crippen LogP contribution in [0.15, 0.2) is 255 Å². The maximum atomic E-state index is 2.54. The number of para-hydroxylation sites is 6. The van der Waals surface area contributed by atoms with Crippen molar-refractivity contribution >= 4 is 72.1 Å². The highest BCUT2D eigenvalue weighted by atomic mass is 15.2. The van der Waals surface area contributed by atoms with Gasteiger partial charge in [-0.2, -0.15) is 4.58 Å². The number of fused-ring (bicyclic) bond motifs is 12. The van der Waals surface area contributed by atoms with Crippen molar-refractivity contribution in [3.8, 4) is 11.4 Å². The van der Waals surface area contributed by atoms with Gasteiger partial charge in [0, 0.05) is 62.9 Å². The van der Waals surface area contributed by atoms with Crippen LogP contribution < -0.4 is 9.48 Å². The molecule has 15 rings (SSSR count). The minimum Gasteiger partial charge on any atom is -0.319 e. The van der Waals surface area contributed by atoms with E-state index >= 15 is 0 Å². The fourth-order valence-corrected chi connectivity index (χ4v) is 12.0. The lowest BCUT2D eigenvalue weighted by Gasteiger charge is -2.35. The second-order valence-electron chi connectivity index (χ2n) is 18.6. The molecule has 0 amide bonds. The second-order valence-corrected chi connectivity index (χ2v) is 18.6. The maximum Gasteiger partial charge on any atom is 0.235 e. The molecule has 4 nitrogen and oxygen atoms in total. The lowest BCUT2D eigenvalue weighted by molar-refractivity contribution is 0.894. The van der Waals surface area contributed by atoms with Crippen LogP contribution in [0.4, 0.5) is 22.7 Å². The first kappa shape index (κ1) is 38.8. The molecule has 10 aromatic carbocycles. The topological polar surface area (TPSA) is 16.1 Å². The van der Waals surface area contributed by atoms with Crippen molar-refractivity contribution in [1.29, 1.82) is 0 Å². The zero-order chi connectivity index (χ0) is 45.9. The van der Waals surface area contributed by atoms with Crippen LogP contribution in [0.25, 0.3) is 55.0 Å². The molecule has 1 unspecified atom stereocenters. The zero-order valence-electron chi connectivity index (χ0n) is 38.1. The Bertz CT molecular complexity index is 4610. The minimum absolute atomic E-state index is 0.0394. The Labute approximate surface area is 402 Å². The van der Waals surface area contributed by atoms with Crippen molar-refractivity contribution in [2.24, 2.45) is 0 Å². The second kappa shape index (κ2) is 15.1. The van der Waals surface area contributed by atoms with Crippen LogP contribution in [0.3, 0.4) is 0 Å². The van der Waals surface area contributed by atoms with Crippen molar-refractivity contribution in [3.63, 3.8) is 0 Å². The van der Waals surface area contributed by atoms with E-state index in [2.05, 4.69) is 273 Å². The summed E-state index contributed by atoms with van der Waals surface area (Å²) in [7, 11) is 0. The van der Waals surface area contributed by atoms with E-state index in [1.165, 1.54) is 91.1 Å². The van der Waals surface area contributed by atoms with Gasteiger partial charge in [0.2, 0.25) is 17.1 Å². The number of rotatable bonds is 4. The first-order chi connectivity index (χ1) is 34.8. The molecule has 2 aliphatic carbocycles. The predicted molar refractivity (Wildman–Crippen MR) is 289 cm³/mol. The molecule has 1 aliphatic heterocycles. The van der Waals surface area contributed by atoms with Crippen molar-refractivity contribution in [1.82, 2.24) is 13.7 Å². The van der Waals surface area contributed by atoms with Gasteiger partial charge in [-0.3, -0.25) is 0 Å². The molecule has 0 bridgehead atoms.